The third-order valence-corrected chi connectivity index (χ3v) is 3.56. The summed E-state index contributed by atoms with van der Waals surface area (Å²) in [5.41, 5.74) is 0.569. The first-order valence-electron chi connectivity index (χ1n) is 6.89. The summed E-state index contributed by atoms with van der Waals surface area (Å²) in [4.78, 5) is 19.6. The molecule has 0 saturated heterocycles. The van der Waals surface area contributed by atoms with Gasteiger partial charge in [-0.15, -0.1) is 0 Å². The molecule has 1 heterocycles. The summed E-state index contributed by atoms with van der Waals surface area (Å²) in [5.74, 6) is 0.841. The van der Waals surface area contributed by atoms with Crippen LogP contribution >= 0.6 is 11.8 Å². The van der Waals surface area contributed by atoms with Crippen LogP contribution in [-0.2, 0) is 0 Å². The van der Waals surface area contributed by atoms with Crippen LogP contribution in [0.3, 0.4) is 0 Å². The second-order valence-corrected chi connectivity index (χ2v) is 5.92. The Bertz CT molecular complexity index is 438. The van der Waals surface area contributed by atoms with Crippen LogP contribution in [0.2, 0.25) is 0 Å². The maximum atomic E-state index is 11.2. The Morgan fingerprint density at radius 1 is 1.40 bits per heavy atom. The zero-order chi connectivity index (χ0) is 15.0. The van der Waals surface area contributed by atoms with Gasteiger partial charge in [0.2, 0.25) is 0 Å². The van der Waals surface area contributed by atoms with Crippen molar-refractivity contribution in [2.75, 3.05) is 23.9 Å². The van der Waals surface area contributed by atoms with Gasteiger partial charge in [-0.1, -0.05) is 20.3 Å². The van der Waals surface area contributed by atoms with E-state index in [9.17, 15) is 9.90 Å². The number of aromatic carboxylic acids is 1. The van der Waals surface area contributed by atoms with Gasteiger partial charge in [0.1, 0.15) is 5.82 Å². The lowest BCUT2D eigenvalue weighted by Gasteiger charge is -2.11. The molecule has 112 valence electrons. The fraction of sp³-hybridized carbons (Fsp3) is 0.643. The Labute approximate surface area is 124 Å². The number of hydrogen-bond acceptors (Lipinski definition) is 5. The molecular weight excluding hydrogens is 274 g/mol. The predicted molar refractivity (Wildman–Crippen MR) is 83.8 cm³/mol. The normalized spacial score (nSPS) is 10.8. The van der Waals surface area contributed by atoms with Crippen molar-refractivity contribution in [1.29, 1.82) is 0 Å². The summed E-state index contributed by atoms with van der Waals surface area (Å²) in [5, 5.41) is 12.3. The molecule has 0 radical (unpaired) electrons. The fourth-order valence-electron chi connectivity index (χ4n) is 1.74. The topological polar surface area (TPSA) is 75.1 Å². The van der Waals surface area contributed by atoms with Crippen LogP contribution in [0, 0.1) is 0 Å². The van der Waals surface area contributed by atoms with E-state index in [1.165, 1.54) is 12.2 Å². The molecule has 0 saturated carbocycles. The second kappa shape index (κ2) is 8.79. The average Bonchev–Trinajstić information content (AvgIpc) is 2.42. The lowest BCUT2D eigenvalue weighted by atomic mass is 10.2. The molecule has 20 heavy (non-hydrogen) atoms. The van der Waals surface area contributed by atoms with Gasteiger partial charge in [0, 0.05) is 12.5 Å². The lowest BCUT2D eigenvalue weighted by Crippen LogP contribution is -2.13. The molecule has 1 aromatic rings. The standard InChI is InChI=1S/C14H23N3O2S/c1-10(2)13-16-9-11(12(17-13)14(18)19)15-7-5-4-6-8-20-3/h9-10,15H,4-8H2,1-3H3,(H,18,19). The molecule has 0 aliphatic heterocycles. The van der Waals surface area contributed by atoms with Gasteiger partial charge in [0.05, 0.1) is 11.9 Å². The molecule has 0 aromatic carbocycles. The maximum absolute atomic E-state index is 11.2. The molecule has 6 heteroatoms. The molecule has 0 amide bonds. The summed E-state index contributed by atoms with van der Waals surface area (Å²) in [6, 6.07) is 0. The van der Waals surface area contributed by atoms with Crippen LogP contribution in [0.25, 0.3) is 0 Å². The van der Waals surface area contributed by atoms with E-state index in [-0.39, 0.29) is 11.6 Å². The van der Waals surface area contributed by atoms with Crippen molar-refractivity contribution in [2.24, 2.45) is 0 Å². The number of nitrogens with one attached hydrogen (secondary N) is 1. The van der Waals surface area contributed by atoms with E-state index in [4.69, 9.17) is 0 Å². The van der Waals surface area contributed by atoms with Crippen molar-refractivity contribution >= 4 is 23.4 Å². The molecule has 1 aromatic heterocycles. The molecule has 5 nitrogen and oxygen atoms in total. The highest BCUT2D eigenvalue weighted by atomic mass is 32.2. The van der Waals surface area contributed by atoms with Crippen molar-refractivity contribution in [3.05, 3.63) is 17.7 Å². The Morgan fingerprint density at radius 3 is 2.75 bits per heavy atom. The minimum Gasteiger partial charge on any atom is -0.476 e. The quantitative estimate of drug-likeness (QED) is 0.682. The van der Waals surface area contributed by atoms with E-state index >= 15 is 0 Å². The summed E-state index contributed by atoms with van der Waals surface area (Å²) in [7, 11) is 0. The number of carboxylic acids is 1. The third kappa shape index (κ3) is 5.36. The van der Waals surface area contributed by atoms with E-state index in [2.05, 4.69) is 21.5 Å². The first-order chi connectivity index (χ1) is 9.56. The molecule has 0 aliphatic carbocycles. The van der Waals surface area contributed by atoms with Crippen molar-refractivity contribution < 1.29 is 9.90 Å². The van der Waals surface area contributed by atoms with E-state index in [0.29, 0.717) is 11.5 Å². The molecule has 1 rings (SSSR count). The van der Waals surface area contributed by atoms with E-state index < -0.39 is 5.97 Å². The van der Waals surface area contributed by atoms with Gasteiger partial charge in [-0.2, -0.15) is 11.8 Å². The van der Waals surface area contributed by atoms with Gasteiger partial charge in [0.25, 0.3) is 0 Å². The zero-order valence-electron chi connectivity index (χ0n) is 12.3. The van der Waals surface area contributed by atoms with E-state index in [1.54, 1.807) is 6.20 Å². The predicted octanol–water partition coefficient (Wildman–Crippen LogP) is 3.24. The first-order valence-corrected chi connectivity index (χ1v) is 8.28. The van der Waals surface area contributed by atoms with Crippen LogP contribution in [0.4, 0.5) is 5.69 Å². The number of nitrogens with zero attached hydrogens (tertiary/aromatic N) is 2. The molecule has 0 atom stereocenters. The minimum absolute atomic E-state index is 0.0628. The number of carboxylic acid groups (broad SMARTS) is 1. The Morgan fingerprint density at radius 2 is 2.15 bits per heavy atom. The molecule has 0 fully saturated rings. The van der Waals surface area contributed by atoms with Crippen LogP contribution in [-0.4, -0.2) is 39.6 Å². The number of unbranched alkanes of at least 4 members (excludes halogenated alkanes) is 2. The van der Waals surface area contributed by atoms with Crippen LogP contribution in [0.1, 0.15) is 55.3 Å². The summed E-state index contributed by atoms with van der Waals surface area (Å²) in [6.45, 7) is 4.64. The smallest absolute Gasteiger partial charge is 0.356 e. The minimum atomic E-state index is -1.01. The number of carbonyl (C=O) groups is 1. The van der Waals surface area contributed by atoms with Gasteiger partial charge in [-0.25, -0.2) is 14.8 Å². The van der Waals surface area contributed by atoms with Gasteiger partial charge in [-0.3, -0.25) is 0 Å². The number of anilines is 1. The van der Waals surface area contributed by atoms with Crippen molar-refractivity contribution in [2.45, 2.75) is 39.0 Å². The molecule has 2 N–H and O–H groups in total. The number of aromatic nitrogens is 2. The second-order valence-electron chi connectivity index (χ2n) is 4.93. The average molecular weight is 297 g/mol. The maximum Gasteiger partial charge on any atom is 0.356 e. The zero-order valence-corrected chi connectivity index (χ0v) is 13.2. The van der Waals surface area contributed by atoms with Gasteiger partial charge in [-0.05, 0) is 24.9 Å². The highest BCUT2D eigenvalue weighted by molar-refractivity contribution is 7.98. The highest BCUT2D eigenvalue weighted by Crippen LogP contribution is 2.16. The van der Waals surface area contributed by atoms with Gasteiger partial charge in [0.15, 0.2) is 5.69 Å². The van der Waals surface area contributed by atoms with Crippen molar-refractivity contribution in [3.63, 3.8) is 0 Å². The van der Waals surface area contributed by atoms with Gasteiger partial charge >= 0.3 is 5.97 Å². The monoisotopic (exact) mass is 297 g/mol. The van der Waals surface area contributed by atoms with Crippen molar-refractivity contribution in [1.82, 2.24) is 9.97 Å². The Balaban J connectivity index is 2.58. The Kier molecular flexibility index (Phi) is 7.36. The first kappa shape index (κ1) is 16.8. The van der Waals surface area contributed by atoms with Crippen LogP contribution < -0.4 is 5.32 Å². The third-order valence-electron chi connectivity index (χ3n) is 2.87. The summed E-state index contributed by atoms with van der Waals surface area (Å²) in [6.07, 6.45) is 7.03. The Hall–Kier alpha value is -1.30. The summed E-state index contributed by atoms with van der Waals surface area (Å²) >= 11 is 1.85. The highest BCUT2D eigenvalue weighted by Gasteiger charge is 2.15. The molecule has 0 spiro atoms. The molecule has 0 unspecified atom stereocenters. The van der Waals surface area contributed by atoms with E-state index in [0.717, 1.165) is 19.4 Å². The fourth-order valence-corrected chi connectivity index (χ4v) is 2.23. The largest absolute Gasteiger partial charge is 0.476 e. The molecule has 0 aliphatic rings. The van der Waals surface area contributed by atoms with E-state index in [1.807, 2.05) is 25.6 Å². The number of hydrogen-bond donors (Lipinski definition) is 2. The lowest BCUT2D eigenvalue weighted by molar-refractivity contribution is 0.0691. The summed E-state index contributed by atoms with van der Waals surface area (Å²) < 4.78 is 0. The SMILES string of the molecule is CSCCCCCNc1cnc(C(C)C)nc1C(=O)O. The number of rotatable bonds is 9. The molecule has 0 bridgehead atoms. The molecular formula is C14H23N3O2S. The van der Waals surface area contributed by atoms with Crippen LogP contribution in [0.15, 0.2) is 6.20 Å². The van der Waals surface area contributed by atoms with Crippen LogP contribution in [0.5, 0.6) is 0 Å². The van der Waals surface area contributed by atoms with Crippen molar-refractivity contribution in [3.8, 4) is 0 Å². The van der Waals surface area contributed by atoms with Gasteiger partial charge < -0.3 is 10.4 Å². The number of thioether (sulfide) groups is 1.